The number of hydrogen-bond acceptors (Lipinski definition) is 1. The van der Waals surface area contributed by atoms with Crippen LogP contribution in [0.25, 0.3) is 10.8 Å². The number of unbranched alkanes of at least 4 members (excludes halogenated alkanes) is 1. The summed E-state index contributed by atoms with van der Waals surface area (Å²) >= 11 is 0. The Bertz CT molecular complexity index is 710. The summed E-state index contributed by atoms with van der Waals surface area (Å²) in [5.74, 6) is 6.59. The third-order valence-corrected chi connectivity index (χ3v) is 4.00. The Morgan fingerprint density at radius 3 is 2.81 bits per heavy atom. The van der Waals surface area contributed by atoms with Gasteiger partial charge in [0.05, 0.1) is 6.10 Å². The fourth-order valence-corrected chi connectivity index (χ4v) is 2.88. The second-order valence-corrected chi connectivity index (χ2v) is 5.61. The summed E-state index contributed by atoms with van der Waals surface area (Å²) in [7, 11) is 0. The highest BCUT2D eigenvalue weighted by Gasteiger charge is 2.11. The predicted octanol–water partition coefficient (Wildman–Crippen LogP) is 4.44. The first-order valence-corrected chi connectivity index (χ1v) is 7.67. The quantitative estimate of drug-likeness (QED) is 0.499. The minimum atomic E-state index is -0.207. The van der Waals surface area contributed by atoms with Gasteiger partial charge in [0.1, 0.15) is 0 Å². The van der Waals surface area contributed by atoms with E-state index in [1.165, 1.54) is 16.3 Å². The maximum atomic E-state index is 9.45. The lowest BCUT2D eigenvalue weighted by molar-refractivity contribution is 0.223. The fraction of sp³-hybridized carbons (Fsp3) is 0.300. The van der Waals surface area contributed by atoms with Gasteiger partial charge < -0.3 is 5.11 Å². The zero-order valence-electron chi connectivity index (χ0n) is 12.2. The summed E-state index contributed by atoms with van der Waals surface area (Å²) in [5.41, 5.74) is 2.51. The van der Waals surface area contributed by atoms with Gasteiger partial charge in [-0.15, -0.1) is 0 Å². The van der Waals surface area contributed by atoms with Gasteiger partial charge in [0, 0.05) is 12.0 Å². The van der Waals surface area contributed by atoms with Gasteiger partial charge in [-0.2, -0.15) is 0 Å². The zero-order chi connectivity index (χ0) is 14.5. The molecule has 0 aliphatic heterocycles. The largest absolute Gasteiger partial charge is 0.389 e. The van der Waals surface area contributed by atoms with E-state index in [-0.39, 0.29) is 6.10 Å². The Balaban J connectivity index is 1.60. The van der Waals surface area contributed by atoms with Crippen molar-refractivity contribution in [2.45, 2.75) is 38.2 Å². The average molecular weight is 276 g/mol. The Kier molecular flexibility index (Phi) is 4.38. The number of allylic oxidation sites excluding steroid dienone is 1. The van der Waals surface area contributed by atoms with Crippen LogP contribution in [0.3, 0.4) is 0 Å². The van der Waals surface area contributed by atoms with Crippen LogP contribution in [0.5, 0.6) is 0 Å². The molecular formula is C20H20O. The summed E-state index contributed by atoms with van der Waals surface area (Å²) in [6, 6.07) is 14.7. The SMILES string of the molecule is OC1C=C(CCCC#Cc2cccc3ccccc23)CC1. The van der Waals surface area contributed by atoms with Gasteiger partial charge in [0.2, 0.25) is 0 Å². The van der Waals surface area contributed by atoms with E-state index in [0.29, 0.717) is 0 Å². The molecule has 0 spiro atoms. The van der Waals surface area contributed by atoms with Crippen molar-refractivity contribution < 1.29 is 5.11 Å². The Morgan fingerprint density at radius 1 is 1.10 bits per heavy atom. The molecule has 3 rings (SSSR count). The highest BCUT2D eigenvalue weighted by molar-refractivity contribution is 5.88. The van der Waals surface area contributed by atoms with Gasteiger partial charge in [-0.1, -0.05) is 59.9 Å². The first-order valence-electron chi connectivity index (χ1n) is 7.67. The van der Waals surface area contributed by atoms with Crippen LogP contribution >= 0.6 is 0 Å². The number of hydrogen-bond donors (Lipinski definition) is 1. The zero-order valence-corrected chi connectivity index (χ0v) is 12.2. The molecular weight excluding hydrogens is 256 g/mol. The van der Waals surface area contributed by atoms with Gasteiger partial charge in [-0.05, 0) is 42.5 Å². The molecule has 0 fully saturated rings. The third-order valence-electron chi connectivity index (χ3n) is 4.00. The van der Waals surface area contributed by atoms with E-state index in [1.807, 2.05) is 6.08 Å². The summed E-state index contributed by atoms with van der Waals surface area (Å²) < 4.78 is 0. The molecule has 106 valence electrons. The molecule has 0 aromatic heterocycles. The predicted molar refractivity (Wildman–Crippen MR) is 88.0 cm³/mol. The highest BCUT2D eigenvalue weighted by Crippen LogP contribution is 2.23. The first kappa shape index (κ1) is 13.9. The molecule has 1 heteroatoms. The van der Waals surface area contributed by atoms with Crippen LogP contribution in [0.15, 0.2) is 54.1 Å². The normalized spacial score (nSPS) is 17.4. The van der Waals surface area contributed by atoms with E-state index in [0.717, 1.165) is 37.7 Å². The van der Waals surface area contributed by atoms with E-state index in [9.17, 15) is 5.11 Å². The van der Waals surface area contributed by atoms with Crippen molar-refractivity contribution in [3.05, 3.63) is 59.7 Å². The van der Waals surface area contributed by atoms with Crippen LogP contribution < -0.4 is 0 Å². The Hall–Kier alpha value is -2.04. The monoisotopic (exact) mass is 276 g/mol. The molecule has 1 aliphatic rings. The van der Waals surface area contributed by atoms with Crippen LogP contribution in [0.4, 0.5) is 0 Å². The Labute approximate surface area is 126 Å². The molecule has 0 saturated carbocycles. The van der Waals surface area contributed by atoms with E-state index in [1.54, 1.807) is 0 Å². The van der Waals surface area contributed by atoms with Crippen molar-refractivity contribution in [1.29, 1.82) is 0 Å². The molecule has 2 aromatic rings. The molecule has 0 bridgehead atoms. The maximum Gasteiger partial charge on any atom is 0.0726 e. The van der Waals surface area contributed by atoms with Crippen LogP contribution in [0.1, 0.15) is 37.7 Å². The summed E-state index contributed by atoms with van der Waals surface area (Å²) in [5, 5.41) is 11.9. The molecule has 21 heavy (non-hydrogen) atoms. The fourth-order valence-electron chi connectivity index (χ4n) is 2.88. The van der Waals surface area contributed by atoms with Crippen molar-refractivity contribution >= 4 is 10.8 Å². The van der Waals surface area contributed by atoms with E-state index < -0.39 is 0 Å². The van der Waals surface area contributed by atoms with E-state index in [4.69, 9.17) is 0 Å². The van der Waals surface area contributed by atoms with Crippen LogP contribution in [-0.4, -0.2) is 11.2 Å². The van der Waals surface area contributed by atoms with Crippen LogP contribution in [0, 0.1) is 11.8 Å². The summed E-state index contributed by atoms with van der Waals surface area (Å²) in [6.07, 6.45) is 6.82. The molecule has 0 amide bonds. The summed E-state index contributed by atoms with van der Waals surface area (Å²) in [4.78, 5) is 0. The smallest absolute Gasteiger partial charge is 0.0726 e. The molecule has 1 aliphatic carbocycles. The maximum absolute atomic E-state index is 9.45. The molecule has 0 saturated heterocycles. The number of aliphatic hydroxyl groups is 1. The van der Waals surface area contributed by atoms with Gasteiger partial charge in [-0.3, -0.25) is 0 Å². The van der Waals surface area contributed by atoms with Gasteiger partial charge in [0.15, 0.2) is 0 Å². The minimum absolute atomic E-state index is 0.207. The molecule has 1 unspecified atom stereocenters. The second-order valence-electron chi connectivity index (χ2n) is 5.61. The third kappa shape index (κ3) is 3.54. The molecule has 1 nitrogen and oxygen atoms in total. The van der Waals surface area contributed by atoms with Gasteiger partial charge >= 0.3 is 0 Å². The van der Waals surface area contributed by atoms with Gasteiger partial charge in [-0.25, -0.2) is 0 Å². The van der Waals surface area contributed by atoms with Crippen molar-refractivity contribution in [2.75, 3.05) is 0 Å². The number of benzene rings is 2. The molecule has 0 radical (unpaired) electrons. The molecule has 1 N–H and O–H groups in total. The van der Waals surface area contributed by atoms with Crippen LogP contribution in [0.2, 0.25) is 0 Å². The Morgan fingerprint density at radius 2 is 1.95 bits per heavy atom. The summed E-state index contributed by atoms with van der Waals surface area (Å²) in [6.45, 7) is 0. The van der Waals surface area contributed by atoms with Crippen molar-refractivity contribution in [2.24, 2.45) is 0 Å². The number of fused-ring (bicyclic) bond motifs is 1. The highest BCUT2D eigenvalue weighted by atomic mass is 16.3. The second kappa shape index (κ2) is 6.61. The van der Waals surface area contributed by atoms with Crippen molar-refractivity contribution in [1.82, 2.24) is 0 Å². The lowest BCUT2D eigenvalue weighted by Crippen LogP contribution is -1.93. The average Bonchev–Trinajstić information content (AvgIpc) is 2.92. The molecule has 0 heterocycles. The standard InChI is InChI=1S/C20H20O/c21-19-14-13-16(15-19)7-2-1-3-8-17-10-6-11-18-9-4-5-12-20(17)18/h4-6,9-12,15,19,21H,1-2,7,13-14H2. The van der Waals surface area contributed by atoms with Crippen molar-refractivity contribution in [3.63, 3.8) is 0 Å². The van der Waals surface area contributed by atoms with Crippen LogP contribution in [-0.2, 0) is 0 Å². The minimum Gasteiger partial charge on any atom is -0.389 e. The number of rotatable bonds is 3. The topological polar surface area (TPSA) is 20.2 Å². The van der Waals surface area contributed by atoms with E-state index in [2.05, 4.69) is 54.3 Å². The van der Waals surface area contributed by atoms with Crippen molar-refractivity contribution in [3.8, 4) is 11.8 Å². The van der Waals surface area contributed by atoms with E-state index >= 15 is 0 Å². The van der Waals surface area contributed by atoms with Gasteiger partial charge in [0.25, 0.3) is 0 Å². The first-order chi connectivity index (χ1) is 10.3. The lowest BCUT2D eigenvalue weighted by Gasteiger charge is -1.99. The molecule has 1 atom stereocenters. The lowest BCUT2D eigenvalue weighted by atomic mass is 10.0. The number of aliphatic hydroxyl groups excluding tert-OH is 1. The molecule has 2 aromatic carbocycles.